The van der Waals surface area contributed by atoms with Crippen molar-refractivity contribution in [3.8, 4) is 5.75 Å². The molecule has 0 spiro atoms. The number of benzene rings is 3. The van der Waals surface area contributed by atoms with Crippen LogP contribution in [-0.2, 0) is 22.6 Å². The Bertz CT molecular complexity index is 924. The first-order valence-corrected chi connectivity index (χ1v) is 9.35. The van der Waals surface area contributed by atoms with Gasteiger partial charge in [0.25, 0.3) is 5.91 Å². The number of hydrogen-bond acceptors (Lipinski definition) is 4. The van der Waals surface area contributed by atoms with Gasteiger partial charge in [-0.15, -0.1) is 0 Å². The molecule has 0 fully saturated rings. The Morgan fingerprint density at radius 3 is 2.00 bits per heavy atom. The standard InChI is InChI=1S/C24H23NO4/c1-28-24(27)22(16-18-8-4-2-5-9-18)25-23(26)20-12-14-21(15-13-20)29-17-19-10-6-3-7-11-19/h2-15,22H,16-17H2,1H3,(H,25,26)/t22-/m1/s1. The molecule has 0 bridgehead atoms. The van der Waals surface area contributed by atoms with Gasteiger partial charge in [-0.25, -0.2) is 4.79 Å². The molecule has 0 aliphatic rings. The molecule has 3 aromatic carbocycles. The van der Waals surface area contributed by atoms with Crippen LogP contribution in [0.25, 0.3) is 0 Å². The van der Waals surface area contributed by atoms with Crippen molar-refractivity contribution >= 4 is 11.9 Å². The molecule has 5 nitrogen and oxygen atoms in total. The molecule has 5 heteroatoms. The number of nitrogens with one attached hydrogen (secondary N) is 1. The lowest BCUT2D eigenvalue weighted by atomic mass is 10.1. The number of hydrogen-bond donors (Lipinski definition) is 1. The lowest BCUT2D eigenvalue weighted by Crippen LogP contribution is -2.43. The third-order valence-corrected chi connectivity index (χ3v) is 4.44. The average Bonchev–Trinajstić information content (AvgIpc) is 2.78. The summed E-state index contributed by atoms with van der Waals surface area (Å²) in [6, 6.07) is 25.4. The molecule has 0 aliphatic heterocycles. The molecule has 0 saturated carbocycles. The monoisotopic (exact) mass is 389 g/mol. The fourth-order valence-corrected chi connectivity index (χ4v) is 2.87. The summed E-state index contributed by atoms with van der Waals surface area (Å²) >= 11 is 0. The zero-order valence-corrected chi connectivity index (χ0v) is 16.2. The van der Waals surface area contributed by atoms with Gasteiger partial charge in [0, 0.05) is 12.0 Å². The van der Waals surface area contributed by atoms with Crippen LogP contribution >= 0.6 is 0 Å². The van der Waals surface area contributed by atoms with Gasteiger partial charge in [0.15, 0.2) is 0 Å². The van der Waals surface area contributed by atoms with Crippen LogP contribution in [0.1, 0.15) is 21.5 Å². The quantitative estimate of drug-likeness (QED) is 0.596. The molecule has 148 valence electrons. The maximum Gasteiger partial charge on any atom is 0.328 e. The summed E-state index contributed by atoms with van der Waals surface area (Å²) in [5.41, 5.74) is 2.45. The summed E-state index contributed by atoms with van der Waals surface area (Å²) in [5.74, 6) is -0.157. The number of methoxy groups -OCH3 is 1. The molecule has 0 aliphatic carbocycles. The van der Waals surface area contributed by atoms with Gasteiger partial charge in [0.2, 0.25) is 0 Å². The zero-order chi connectivity index (χ0) is 20.5. The van der Waals surface area contributed by atoms with E-state index in [4.69, 9.17) is 9.47 Å². The second-order valence-corrected chi connectivity index (χ2v) is 6.54. The predicted molar refractivity (Wildman–Crippen MR) is 111 cm³/mol. The number of esters is 1. The van der Waals surface area contributed by atoms with E-state index >= 15 is 0 Å². The number of ether oxygens (including phenoxy) is 2. The van der Waals surface area contributed by atoms with Crippen molar-refractivity contribution < 1.29 is 19.1 Å². The maximum absolute atomic E-state index is 12.6. The molecule has 1 atom stereocenters. The van der Waals surface area contributed by atoms with Crippen LogP contribution in [0.2, 0.25) is 0 Å². The van der Waals surface area contributed by atoms with E-state index in [9.17, 15) is 9.59 Å². The number of carbonyl (C=O) groups excluding carboxylic acids is 2. The van der Waals surface area contributed by atoms with Gasteiger partial charge in [-0.05, 0) is 35.4 Å². The van der Waals surface area contributed by atoms with E-state index in [-0.39, 0.29) is 5.91 Å². The first-order chi connectivity index (χ1) is 14.2. The maximum atomic E-state index is 12.6. The molecule has 3 aromatic rings. The summed E-state index contributed by atoms with van der Waals surface area (Å²) in [6.45, 7) is 0.452. The summed E-state index contributed by atoms with van der Waals surface area (Å²) in [4.78, 5) is 24.7. The zero-order valence-electron chi connectivity index (χ0n) is 16.2. The molecule has 0 radical (unpaired) electrons. The Hall–Kier alpha value is -3.60. The third kappa shape index (κ3) is 5.94. The second-order valence-electron chi connectivity index (χ2n) is 6.54. The van der Waals surface area contributed by atoms with Crippen molar-refractivity contribution in [3.05, 3.63) is 102 Å². The van der Waals surface area contributed by atoms with Crippen LogP contribution in [0.3, 0.4) is 0 Å². The Morgan fingerprint density at radius 2 is 1.41 bits per heavy atom. The smallest absolute Gasteiger partial charge is 0.328 e. The van der Waals surface area contributed by atoms with Crippen LogP contribution < -0.4 is 10.1 Å². The van der Waals surface area contributed by atoms with Crippen molar-refractivity contribution in [3.63, 3.8) is 0 Å². The minimum absolute atomic E-state index is 0.342. The highest BCUT2D eigenvalue weighted by atomic mass is 16.5. The molecule has 0 aromatic heterocycles. The van der Waals surface area contributed by atoms with E-state index in [2.05, 4.69) is 5.32 Å². The van der Waals surface area contributed by atoms with E-state index in [0.717, 1.165) is 11.1 Å². The fourth-order valence-electron chi connectivity index (χ4n) is 2.87. The Morgan fingerprint density at radius 1 is 0.828 bits per heavy atom. The van der Waals surface area contributed by atoms with Crippen molar-refractivity contribution in [2.75, 3.05) is 7.11 Å². The molecule has 0 unspecified atom stereocenters. The number of carbonyl (C=O) groups is 2. The molecule has 29 heavy (non-hydrogen) atoms. The molecule has 3 rings (SSSR count). The predicted octanol–water partition coefficient (Wildman–Crippen LogP) is 3.78. The molecular weight excluding hydrogens is 366 g/mol. The van der Waals surface area contributed by atoms with Crippen LogP contribution in [-0.4, -0.2) is 25.0 Å². The van der Waals surface area contributed by atoms with Gasteiger partial charge in [0.1, 0.15) is 18.4 Å². The fraction of sp³-hybridized carbons (Fsp3) is 0.167. The van der Waals surface area contributed by atoms with Gasteiger partial charge in [-0.3, -0.25) is 4.79 Å². The van der Waals surface area contributed by atoms with Crippen LogP contribution in [0.5, 0.6) is 5.75 Å². The largest absolute Gasteiger partial charge is 0.489 e. The first-order valence-electron chi connectivity index (χ1n) is 9.35. The summed E-state index contributed by atoms with van der Waals surface area (Å²) < 4.78 is 10.6. The van der Waals surface area contributed by atoms with Crippen molar-refractivity contribution in [2.24, 2.45) is 0 Å². The SMILES string of the molecule is COC(=O)[C@@H](Cc1ccccc1)NC(=O)c1ccc(OCc2ccccc2)cc1. The van der Waals surface area contributed by atoms with E-state index in [1.807, 2.05) is 60.7 Å². The minimum atomic E-state index is -0.760. The Labute approximate surface area is 170 Å². The highest BCUT2D eigenvalue weighted by molar-refractivity contribution is 5.96. The van der Waals surface area contributed by atoms with Crippen molar-refractivity contribution in [1.82, 2.24) is 5.32 Å². The first kappa shape index (κ1) is 20.1. The minimum Gasteiger partial charge on any atom is -0.489 e. The number of amides is 1. The van der Waals surface area contributed by atoms with Crippen LogP contribution in [0, 0.1) is 0 Å². The van der Waals surface area contributed by atoms with Crippen molar-refractivity contribution in [2.45, 2.75) is 19.1 Å². The Kier molecular flexibility index (Phi) is 7.00. The van der Waals surface area contributed by atoms with Gasteiger partial charge in [-0.2, -0.15) is 0 Å². The van der Waals surface area contributed by atoms with Gasteiger partial charge in [-0.1, -0.05) is 60.7 Å². The summed E-state index contributed by atoms with van der Waals surface area (Å²) in [7, 11) is 1.31. The van der Waals surface area contributed by atoms with Crippen LogP contribution in [0.4, 0.5) is 0 Å². The van der Waals surface area contributed by atoms with E-state index in [1.165, 1.54) is 7.11 Å². The highest BCUT2D eigenvalue weighted by Gasteiger charge is 2.22. The normalized spacial score (nSPS) is 11.3. The highest BCUT2D eigenvalue weighted by Crippen LogP contribution is 2.15. The lowest BCUT2D eigenvalue weighted by molar-refractivity contribution is -0.142. The Balaban J connectivity index is 1.61. The van der Waals surface area contributed by atoms with Gasteiger partial charge in [0.05, 0.1) is 7.11 Å². The topological polar surface area (TPSA) is 64.6 Å². The second kappa shape index (κ2) is 10.1. The van der Waals surface area contributed by atoms with Crippen LogP contribution in [0.15, 0.2) is 84.9 Å². The average molecular weight is 389 g/mol. The summed E-state index contributed by atoms with van der Waals surface area (Å²) in [6.07, 6.45) is 0.359. The molecule has 0 heterocycles. The third-order valence-electron chi connectivity index (χ3n) is 4.44. The van der Waals surface area contributed by atoms with E-state index in [1.54, 1.807) is 24.3 Å². The lowest BCUT2D eigenvalue weighted by Gasteiger charge is -2.17. The van der Waals surface area contributed by atoms with Gasteiger partial charge >= 0.3 is 5.97 Å². The molecule has 1 amide bonds. The van der Waals surface area contributed by atoms with Gasteiger partial charge < -0.3 is 14.8 Å². The molecule has 0 saturated heterocycles. The van der Waals surface area contributed by atoms with E-state index < -0.39 is 12.0 Å². The molecule has 1 N–H and O–H groups in total. The number of rotatable bonds is 8. The van der Waals surface area contributed by atoms with E-state index in [0.29, 0.717) is 24.3 Å². The molecular formula is C24H23NO4. The summed E-state index contributed by atoms with van der Waals surface area (Å²) in [5, 5.41) is 2.76. The van der Waals surface area contributed by atoms with Crippen molar-refractivity contribution in [1.29, 1.82) is 0 Å².